The zero-order chi connectivity index (χ0) is 18.9. The van der Waals surface area contributed by atoms with E-state index >= 15 is 0 Å². The molecule has 0 fully saturated rings. The van der Waals surface area contributed by atoms with Gasteiger partial charge in [-0.05, 0) is 37.2 Å². The van der Waals surface area contributed by atoms with Crippen LogP contribution in [0.5, 0.6) is 0 Å². The van der Waals surface area contributed by atoms with Gasteiger partial charge in [0.15, 0.2) is 0 Å². The maximum absolute atomic E-state index is 13.1. The van der Waals surface area contributed by atoms with Crippen molar-refractivity contribution in [3.63, 3.8) is 0 Å². The van der Waals surface area contributed by atoms with Gasteiger partial charge in [0.2, 0.25) is 5.91 Å². The quantitative estimate of drug-likeness (QED) is 0.710. The van der Waals surface area contributed by atoms with Crippen LogP contribution in [-0.4, -0.2) is 31.0 Å². The van der Waals surface area contributed by atoms with Gasteiger partial charge in [-0.2, -0.15) is 0 Å². The SMILES string of the molecule is CN[C@@H](C)C(=O)N[C@H](Cc1ccc(F)cc1)C(=O)OCc1ccccc1. The van der Waals surface area contributed by atoms with Crippen LogP contribution in [0.25, 0.3) is 0 Å². The van der Waals surface area contributed by atoms with Crippen molar-refractivity contribution < 1.29 is 18.7 Å². The minimum Gasteiger partial charge on any atom is -0.459 e. The summed E-state index contributed by atoms with van der Waals surface area (Å²) in [6.45, 7) is 1.82. The first-order valence-corrected chi connectivity index (χ1v) is 8.42. The Kier molecular flexibility index (Phi) is 7.29. The molecule has 1 amide bonds. The van der Waals surface area contributed by atoms with E-state index in [9.17, 15) is 14.0 Å². The topological polar surface area (TPSA) is 67.4 Å². The molecular formula is C20H23FN2O3. The van der Waals surface area contributed by atoms with Crippen LogP contribution in [-0.2, 0) is 27.4 Å². The maximum atomic E-state index is 13.1. The second-order valence-electron chi connectivity index (χ2n) is 6.00. The number of hydrogen-bond donors (Lipinski definition) is 2. The standard InChI is InChI=1S/C20H23FN2O3/c1-14(22-2)19(24)23-18(12-15-8-10-17(21)11-9-15)20(25)26-13-16-6-4-3-5-7-16/h3-11,14,18,22H,12-13H2,1-2H3,(H,23,24)/t14-,18+/m0/s1. The Balaban J connectivity index is 2.06. The molecule has 2 aromatic carbocycles. The summed E-state index contributed by atoms with van der Waals surface area (Å²) in [6.07, 6.45) is 0.218. The Bertz CT molecular complexity index is 720. The highest BCUT2D eigenvalue weighted by molar-refractivity contribution is 5.87. The molecule has 2 atom stereocenters. The van der Waals surface area contributed by atoms with E-state index in [4.69, 9.17) is 4.74 Å². The van der Waals surface area contributed by atoms with Gasteiger partial charge in [0.05, 0.1) is 6.04 Å². The fraction of sp³-hybridized carbons (Fsp3) is 0.300. The fourth-order valence-electron chi connectivity index (χ4n) is 2.31. The average molecular weight is 358 g/mol. The second kappa shape index (κ2) is 9.68. The number of benzene rings is 2. The maximum Gasteiger partial charge on any atom is 0.329 e. The molecule has 0 unspecified atom stereocenters. The van der Waals surface area contributed by atoms with Gasteiger partial charge in [-0.25, -0.2) is 9.18 Å². The summed E-state index contributed by atoms with van der Waals surface area (Å²) in [5.74, 6) is -1.20. The minimum atomic E-state index is -0.854. The number of rotatable bonds is 8. The monoisotopic (exact) mass is 358 g/mol. The summed E-state index contributed by atoms with van der Waals surface area (Å²) in [5.41, 5.74) is 1.58. The minimum absolute atomic E-state index is 0.122. The van der Waals surface area contributed by atoms with E-state index < -0.39 is 18.1 Å². The number of likely N-dealkylation sites (N-methyl/N-ethyl adjacent to an activating group) is 1. The third kappa shape index (κ3) is 5.97. The lowest BCUT2D eigenvalue weighted by atomic mass is 10.1. The van der Waals surface area contributed by atoms with Crippen molar-refractivity contribution in [3.8, 4) is 0 Å². The molecule has 0 heterocycles. The fourth-order valence-corrected chi connectivity index (χ4v) is 2.31. The number of amides is 1. The number of esters is 1. The van der Waals surface area contributed by atoms with Gasteiger partial charge < -0.3 is 15.4 Å². The highest BCUT2D eigenvalue weighted by atomic mass is 19.1. The van der Waals surface area contributed by atoms with E-state index in [1.54, 1.807) is 26.1 Å². The van der Waals surface area contributed by atoms with E-state index in [0.717, 1.165) is 11.1 Å². The Labute approximate surface area is 152 Å². The van der Waals surface area contributed by atoms with Crippen molar-refractivity contribution in [2.24, 2.45) is 0 Å². The van der Waals surface area contributed by atoms with Crippen LogP contribution in [0.2, 0.25) is 0 Å². The Morgan fingerprint density at radius 3 is 2.31 bits per heavy atom. The molecule has 0 aromatic heterocycles. The van der Waals surface area contributed by atoms with Crippen molar-refractivity contribution >= 4 is 11.9 Å². The second-order valence-corrected chi connectivity index (χ2v) is 6.00. The van der Waals surface area contributed by atoms with Crippen molar-refractivity contribution in [1.82, 2.24) is 10.6 Å². The summed E-state index contributed by atoms with van der Waals surface area (Å²) in [4.78, 5) is 24.7. The predicted octanol–water partition coefficient (Wildman–Crippen LogP) is 2.20. The largest absolute Gasteiger partial charge is 0.459 e. The summed E-state index contributed by atoms with van der Waals surface area (Å²) < 4.78 is 18.4. The lowest BCUT2D eigenvalue weighted by Gasteiger charge is -2.20. The highest BCUT2D eigenvalue weighted by Gasteiger charge is 2.24. The molecule has 2 rings (SSSR count). The molecule has 138 valence electrons. The van der Waals surface area contributed by atoms with Crippen LogP contribution < -0.4 is 10.6 Å². The van der Waals surface area contributed by atoms with Gasteiger partial charge in [0, 0.05) is 6.42 Å². The molecule has 0 aliphatic rings. The van der Waals surface area contributed by atoms with E-state index in [2.05, 4.69) is 10.6 Å². The molecule has 5 nitrogen and oxygen atoms in total. The van der Waals surface area contributed by atoms with Crippen LogP contribution in [0.15, 0.2) is 54.6 Å². The van der Waals surface area contributed by atoms with E-state index in [0.29, 0.717) is 0 Å². The molecular weight excluding hydrogens is 335 g/mol. The predicted molar refractivity (Wildman–Crippen MR) is 96.8 cm³/mol. The van der Waals surface area contributed by atoms with Crippen molar-refractivity contribution in [2.45, 2.75) is 32.0 Å². The van der Waals surface area contributed by atoms with Crippen LogP contribution >= 0.6 is 0 Å². The summed E-state index contributed by atoms with van der Waals surface area (Å²) >= 11 is 0. The molecule has 0 spiro atoms. The van der Waals surface area contributed by atoms with E-state index in [1.165, 1.54) is 12.1 Å². The molecule has 26 heavy (non-hydrogen) atoms. The molecule has 0 radical (unpaired) electrons. The normalized spacial score (nSPS) is 12.9. The van der Waals surface area contributed by atoms with Gasteiger partial charge in [-0.1, -0.05) is 42.5 Å². The number of hydrogen-bond acceptors (Lipinski definition) is 4. The van der Waals surface area contributed by atoms with Gasteiger partial charge in [-0.15, -0.1) is 0 Å². The highest BCUT2D eigenvalue weighted by Crippen LogP contribution is 2.09. The first-order valence-electron chi connectivity index (χ1n) is 8.42. The molecule has 0 aliphatic heterocycles. The molecule has 0 aliphatic carbocycles. The first kappa shape index (κ1) is 19.6. The lowest BCUT2D eigenvalue weighted by molar-refractivity contribution is -0.149. The van der Waals surface area contributed by atoms with Crippen molar-refractivity contribution in [3.05, 3.63) is 71.5 Å². The van der Waals surface area contributed by atoms with Gasteiger partial charge in [-0.3, -0.25) is 4.79 Å². The van der Waals surface area contributed by atoms with Crippen molar-refractivity contribution in [2.75, 3.05) is 7.05 Å². The zero-order valence-corrected chi connectivity index (χ0v) is 14.9. The van der Waals surface area contributed by atoms with E-state index in [1.807, 2.05) is 30.3 Å². The van der Waals surface area contributed by atoms with Crippen LogP contribution in [0.3, 0.4) is 0 Å². The molecule has 0 saturated carbocycles. The zero-order valence-electron chi connectivity index (χ0n) is 14.9. The molecule has 0 saturated heterocycles. The number of nitrogens with one attached hydrogen (secondary N) is 2. The first-order chi connectivity index (χ1) is 12.5. The summed E-state index contributed by atoms with van der Waals surface area (Å²) in [6, 6.07) is 13.8. The van der Waals surface area contributed by atoms with Crippen LogP contribution in [0, 0.1) is 5.82 Å². The number of carbonyl (C=O) groups excluding carboxylic acids is 2. The van der Waals surface area contributed by atoms with Gasteiger partial charge in [0.25, 0.3) is 0 Å². The molecule has 2 N–H and O–H groups in total. The number of halogens is 1. The Hall–Kier alpha value is -2.73. The Morgan fingerprint density at radius 2 is 1.69 bits per heavy atom. The third-order valence-electron chi connectivity index (χ3n) is 4.00. The van der Waals surface area contributed by atoms with Crippen molar-refractivity contribution in [1.29, 1.82) is 0 Å². The number of ether oxygens (including phenoxy) is 1. The molecule has 0 bridgehead atoms. The van der Waals surface area contributed by atoms with Gasteiger partial charge in [0.1, 0.15) is 18.5 Å². The van der Waals surface area contributed by atoms with Crippen LogP contribution in [0.4, 0.5) is 4.39 Å². The van der Waals surface area contributed by atoms with E-state index in [-0.39, 0.29) is 24.8 Å². The van der Waals surface area contributed by atoms with Gasteiger partial charge >= 0.3 is 5.97 Å². The Morgan fingerprint density at radius 1 is 1.04 bits per heavy atom. The number of carbonyl (C=O) groups is 2. The smallest absolute Gasteiger partial charge is 0.329 e. The molecule has 6 heteroatoms. The third-order valence-corrected chi connectivity index (χ3v) is 4.00. The average Bonchev–Trinajstić information content (AvgIpc) is 2.67. The molecule has 2 aromatic rings. The summed E-state index contributed by atoms with van der Waals surface area (Å²) in [7, 11) is 1.66. The summed E-state index contributed by atoms with van der Waals surface area (Å²) in [5, 5.41) is 5.52. The van der Waals surface area contributed by atoms with Crippen LogP contribution in [0.1, 0.15) is 18.1 Å². The lowest BCUT2D eigenvalue weighted by Crippen LogP contribution is -2.49.